The zero-order chi connectivity index (χ0) is 8.16. The van der Waals surface area contributed by atoms with Crippen molar-refractivity contribution in [2.24, 2.45) is 0 Å². The Morgan fingerprint density at radius 1 is 1.33 bits per heavy atom. The summed E-state index contributed by atoms with van der Waals surface area (Å²) in [5.41, 5.74) is 0. The van der Waals surface area contributed by atoms with Gasteiger partial charge < -0.3 is 28.5 Å². The Kier molecular flexibility index (Phi) is 5.85. The number of halogens is 1. The Labute approximate surface area is 92.2 Å². The van der Waals surface area contributed by atoms with E-state index in [0.717, 1.165) is 12.8 Å². The Balaban J connectivity index is 0.00000121. The number of quaternary nitrogens is 1. The SMILES string of the molecule is C[N+]1(CCCC#N)CCCC1.[I-]. The molecule has 0 amide bonds. The summed E-state index contributed by atoms with van der Waals surface area (Å²) in [6.45, 7) is 3.85. The van der Waals surface area contributed by atoms with Gasteiger partial charge in [0.05, 0.1) is 32.8 Å². The first-order valence-electron chi connectivity index (χ1n) is 4.47. The zero-order valence-corrected chi connectivity index (χ0v) is 9.88. The summed E-state index contributed by atoms with van der Waals surface area (Å²) in [6, 6.07) is 2.20. The molecule has 0 bridgehead atoms. The minimum atomic E-state index is 0. The van der Waals surface area contributed by atoms with Crippen molar-refractivity contribution in [2.75, 3.05) is 26.7 Å². The van der Waals surface area contributed by atoms with Gasteiger partial charge in [0, 0.05) is 25.7 Å². The molecule has 3 heteroatoms. The average Bonchev–Trinajstić information content (AvgIpc) is 2.38. The lowest BCUT2D eigenvalue weighted by Crippen LogP contribution is -3.00. The average molecular weight is 280 g/mol. The maximum absolute atomic E-state index is 8.37. The molecule has 0 radical (unpaired) electrons. The quantitative estimate of drug-likeness (QED) is 0.352. The third-order valence-corrected chi connectivity index (χ3v) is 2.63. The van der Waals surface area contributed by atoms with E-state index in [0.29, 0.717) is 0 Å². The summed E-state index contributed by atoms with van der Waals surface area (Å²) in [4.78, 5) is 0. The van der Waals surface area contributed by atoms with Gasteiger partial charge in [-0.3, -0.25) is 0 Å². The number of hydrogen-bond acceptors (Lipinski definition) is 1. The van der Waals surface area contributed by atoms with Crippen molar-refractivity contribution >= 4 is 0 Å². The topological polar surface area (TPSA) is 23.8 Å². The van der Waals surface area contributed by atoms with Gasteiger partial charge >= 0.3 is 0 Å². The molecule has 0 aliphatic carbocycles. The normalized spacial score (nSPS) is 19.7. The van der Waals surface area contributed by atoms with Crippen molar-refractivity contribution < 1.29 is 28.5 Å². The van der Waals surface area contributed by atoms with Crippen molar-refractivity contribution in [2.45, 2.75) is 25.7 Å². The van der Waals surface area contributed by atoms with E-state index in [1.165, 1.54) is 37.0 Å². The molecule has 0 saturated carbocycles. The molecule has 0 spiro atoms. The third-order valence-electron chi connectivity index (χ3n) is 2.63. The molecule has 0 aromatic rings. The highest BCUT2D eigenvalue weighted by Crippen LogP contribution is 2.16. The van der Waals surface area contributed by atoms with Crippen LogP contribution in [0.25, 0.3) is 0 Å². The fourth-order valence-corrected chi connectivity index (χ4v) is 1.86. The maximum atomic E-state index is 8.37. The second-order valence-corrected chi connectivity index (χ2v) is 3.76. The summed E-state index contributed by atoms with van der Waals surface area (Å²) < 4.78 is 1.21. The highest BCUT2D eigenvalue weighted by molar-refractivity contribution is 4.68. The molecule has 0 aromatic carbocycles. The maximum Gasteiger partial charge on any atom is 0.0794 e. The van der Waals surface area contributed by atoms with Crippen LogP contribution in [0.3, 0.4) is 0 Å². The molecule has 0 atom stereocenters. The number of nitriles is 1. The predicted octanol–water partition coefficient (Wildman–Crippen LogP) is -1.47. The van der Waals surface area contributed by atoms with Crippen LogP contribution < -0.4 is 24.0 Å². The van der Waals surface area contributed by atoms with Crippen LogP contribution in [0.1, 0.15) is 25.7 Å². The van der Waals surface area contributed by atoms with E-state index in [1.54, 1.807) is 0 Å². The van der Waals surface area contributed by atoms with Crippen molar-refractivity contribution in [3.8, 4) is 6.07 Å². The molecular weight excluding hydrogens is 263 g/mol. The monoisotopic (exact) mass is 280 g/mol. The molecular formula is C9H17IN2. The molecule has 1 heterocycles. The first-order chi connectivity index (χ1) is 5.27. The summed E-state index contributed by atoms with van der Waals surface area (Å²) in [5.74, 6) is 0. The molecule has 12 heavy (non-hydrogen) atoms. The van der Waals surface area contributed by atoms with Crippen LogP contribution in [0.2, 0.25) is 0 Å². The van der Waals surface area contributed by atoms with E-state index in [4.69, 9.17) is 5.26 Å². The molecule has 70 valence electrons. The number of hydrogen-bond donors (Lipinski definition) is 0. The molecule has 1 fully saturated rings. The second-order valence-electron chi connectivity index (χ2n) is 3.76. The van der Waals surface area contributed by atoms with Gasteiger partial charge in [0.1, 0.15) is 0 Å². The highest BCUT2D eigenvalue weighted by Gasteiger charge is 2.25. The number of rotatable bonds is 3. The van der Waals surface area contributed by atoms with Gasteiger partial charge in [-0.15, -0.1) is 0 Å². The van der Waals surface area contributed by atoms with Crippen LogP contribution in [0, 0.1) is 11.3 Å². The fraction of sp³-hybridized carbons (Fsp3) is 0.889. The van der Waals surface area contributed by atoms with Gasteiger partial charge in [-0.2, -0.15) is 5.26 Å². The van der Waals surface area contributed by atoms with Gasteiger partial charge in [-0.25, -0.2) is 0 Å². The lowest BCUT2D eigenvalue weighted by molar-refractivity contribution is -0.897. The minimum absolute atomic E-state index is 0. The van der Waals surface area contributed by atoms with Gasteiger partial charge in [-0.1, -0.05) is 0 Å². The lowest BCUT2D eigenvalue weighted by Gasteiger charge is -2.28. The van der Waals surface area contributed by atoms with E-state index in [1.807, 2.05) is 0 Å². The number of likely N-dealkylation sites (tertiary alicyclic amines) is 1. The van der Waals surface area contributed by atoms with Crippen LogP contribution in [-0.4, -0.2) is 31.2 Å². The fourth-order valence-electron chi connectivity index (χ4n) is 1.86. The highest BCUT2D eigenvalue weighted by atomic mass is 127. The van der Waals surface area contributed by atoms with Crippen LogP contribution in [0.15, 0.2) is 0 Å². The largest absolute Gasteiger partial charge is 1.00 e. The van der Waals surface area contributed by atoms with E-state index in [9.17, 15) is 0 Å². The minimum Gasteiger partial charge on any atom is -1.00 e. The summed E-state index contributed by atoms with van der Waals surface area (Å²) in [7, 11) is 2.31. The summed E-state index contributed by atoms with van der Waals surface area (Å²) >= 11 is 0. The Bertz CT molecular complexity index is 156. The molecule has 1 rings (SSSR count). The molecule has 0 N–H and O–H groups in total. The van der Waals surface area contributed by atoms with Gasteiger partial charge in [-0.05, 0) is 0 Å². The summed E-state index contributed by atoms with van der Waals surface area (Å²) in [5, 5.41) is 8.37. The van der Waals surface area contributed by atoms with Gasteiger partial charge in [0.25, 0.3) is 0 Å². The standard InChI is InChI=1S/C9H17N2.HI/c1-11(7-3-2-6-10)8-4-5-9-11;/h2-5,7-9H2,1H3;1H/q+1;/p-1. The third kappa shape index (κ3) is 3.72. The zero-order valence-electron chi connectivity index (χ0n) is 7.72. The van der Waals surface area contributed by atoms with Gasteiger partial charge in [0.2, 0.25) is 0 Å². The molecule has 2 nitrogen and oxygen atoms in total. The Morgan fingerprint density at radius 2 is 1.92 bits per heavy atom. The molecule has 1 aliphatic rings. The molecule has 1 aliphatic heterocycles. The van der Waals surface area contributed by atoms with E-state index in [2.05, 4.69) is 13.1 Å². The van der Waals surface area contributed by atoms with Crippen molar-refractivity contribution in [3.05, 3.63) is 0 Å². The number of nitrogens with zero attached hydrogens (tertiary/aromatic N) is 2. The van der Waals surface area contributed by atoms with Crippen LogP contribution >= 0.6 is 0 Å². The first kappa shape index (κ1) is 12.2. The van der Waals surface area contributed by atoms with Crippen LogP contribution in [0.5, 0.6) is 0 Å². The van der Waals surface area contributed by atoms with Gasteiger partial charge in [0.15, 0.2) is 0 Å². The predicted molar refractivity (Wildman–Crippen MR) is 44.9 cm³/mol. The van der Waals surface area contributed by atoms with E-state index >= 15 is 0 Å². The van der Waals surface area contributed by atoms with Crippen molar-refractivity contribution in [1.82, 2.24) is 0 Å². The summed E-state index contributed by atoms with van der Waals surface area (Å²) in [6.07, 6.45) is 4.56. The smallest absolute Gasteiger partial charge is 0.0794 e. The van der Waals surface area contributed by atoms with Crippen LogP contribution in [-0.2, 0) is 0 Å². The van der Waals surface area contributed by atoms with Crippen molar-refractivity contribution in [1.29, 1.82) is 5.26 Å². The van der Waals surface area contributed by atoms with E-state index in [-0.39, 0.29) is 24.0 Å². The molecule has 0 unspecified atom stereocenters. The Hall–Kier alpha value is 0.180. The Morgan fingerprint density at radius 3 is 2.42 bits per heavy atom. The molecule has 0 aromatic heterocycles. The van der Waals surface area contributed by atoms with E-state index < -0.39 is 0 Å². The second kappa shape index (κ2) is 5.76. The molecule has 1 saturated heterocycles. The van der Waals surface area contributed by atoms with Crippen LogP contribution in [0.4, 0.5) is 0 Å². The first-order valence-corrected chi connectivity index (χ1v) is 4.47. The number of unbranched alkanes of at least 4 members (excludes halogenated alkanes) is 1. The van der Waals surface area contributed by atoms with Crippen molar-refractivity contribution in [3.63, 3.8) is 0 Å². The lowest BCUT2D eigenvalue weighted by atomic mass is 10.3.